The van der Waals surface area contributed by atoms with Crippen molar-refractivity contribution in [2.24, 2.45) is 0 Å². The average Bonchev–Trinajstić information content (AvgIpc) is 3.65. The van der Waals surface area contributed by atoms with Crippen LogP contribution in [0.15, 0.2) is 88.6 Å². The highest BCUT2D eigenvalue weighted by molar-refractivity contribution is 7.99. The Morgan fingerprint density at radius 3 is 2.63 bits per heavy atom. The van der Waals surface area contributed by atoms with Gasteiger partial charge in [0.1, 0.15) is 17.2 Å². The standard InChI is InChI=1S/C32H31N3O5S/c1-37-26-14-16-30(38-2)23(20-26)10-15-29(36)22-8-12-25(13-9-22)39-18-5-19-41-32-35-34-31(40-32)17-11-24-21-33-28-7-4-3-6-27(24)28/h3-4,6-10,12-16,20-21,33H,5,11,17-19H2,1-2H3/b15-10+. The fraction of sp³-hybridized carbons (Fsp3) is 0.219. The van der Waals surface area contributed by atoms with Gasteiger partial charge < -0.3 is 23.6 Å². The zero-order chi connectivity index (χ0) is 28.4. The normalized spacial score (nSPS) is 11.3. The van der Waals surface area contributed by atoms with Gasteiger partial charge in [-0.2, -0.15) is 0 Å². The molecule has 0 unspecified atom stereocenters. The van der Waals surface area contributed by atoms with Gasteiger partial charge in [0.2, 0.25) is 5.89 Å². The lowest BCUT2D eigenvalue weighted by Crippen LogP contribution is -2.00. The average molecular weight is 570 g/mol. The smallest absolute Gasteiger partial charge is 0.276 e. The van der Waals surface area contributed by atoms with Gasteiger partial charge in [-0.25, -0.2) is 0 Å². The second-order valence-corrected chi connectivity index (χ2v) is 10.2. The number of aryl methyl sites for hydroxylation is 2. The minimum absolute atomic E-state index is 0.113. The van der Waals surface area contributed by atoms with E-state index < -0.39 is 0 Å². The summed E-state index contributed by atoms with van der Waals surface area (Å²) in [4.78, 5) is 15.9. The maximum absolute atomic E-state index is 12.6. The van der Waals surface area contributed by atoms with E-state index in [2.05, 4.69) is 27.3 Å². The van der Waals surface area contributed by atoms with Gasteiger partial charge in [0.25, 0.3) is 5.22 Å². The summed E-state index contributed by atoms with van der Waals surface area (Å²) < 4.78 is 22.3. The maximum Gasteiger partial charge on any atom is 0.276 e. The Kier molecular flexibility index (Phi) is 9.38. The summed E-state index contributed by atoms with van der Waals surface area (Å²) in [6.07, 6.45) is 7.63. The molecule has 5 rings (SSSR count). The first-order valence-electron chi connectivity index (χ1n) is 13.3. The fourth-order valence-electron chi connectivity index (χ4n) is 4.33. The van der Waals surface area contributed by atoms with Gasteiger partial charge in [-0.05, 0) is 79.1 Å². The third-order valence-corrected chi connectivity index (χ3v) is 7.41. The van der Waals surface area contributed by atoms with Gasteiger partial charge in [-0.15, -0.1) is 10.2 Å². The Morgan fingerprint density at radius 1 is 0.976 bits per heavy atom. The number of carbonyl (C=O) groups excluding carboxylic acids is 1. The van der Waals surface area contributed by atoms with E-state index in [0.29, 0.717) is 47.0 Å². The number of nitrogens with zero attached hydrogens (tertiary/aromatic N) is 2. The minimum Gasteiger partial charge on any atom is -0.497 e. The largest absolute Gasteiger partial charge is 0.497 e. The molecule has 41 heavy (non-hydrogen) atoms. The van der Waals surface area contributed by atoms with Crippen molar-refractivity contribution in [3.63, 3.8) is 0 Å². The highest BCUT2D eigenvalue weighted by Crippen LogP contribution is 2.26. The first kappa shape index (κ1) is 28.0. The lowest BCUT2D eigenvalue weighted by atomic mass is 10.1. The Balaban J connectivity index is 1.03. The van der Waals surface area contributed by atoms with Crippen LogP contribution in [0.2, 0.25) is 0 Å². The zero-order valence-corrected chi connectivity index (χ0v) is 23.8. The molecule has 2 heterocycles. The van der Waals surface area contributed by atoms with Crippen molar-refractivity contribution >= 4 is 34.5 Å². The summed E-state index contributed by atoms with van der Waals surface area (Å²) in [5, 5.41) is 10.1. The molecule has 1 N–H and O–H groups in total. The molecule has 0 saturated carbocycles. The van der Waals surface area contributed by atoms with Crippen LogP contribution < -0.4 is 14.2 Å². The number of rotatable bonds is 14. The zero-order valence-electron chi connectivity index (χ0n) is 23.0. The number of methoxy groups -OCH3 is 2. The third-order valence-electron chi connectivity index (χ3n) is 6.50. The van der Waals surface area contributed by atoms with Gasteiger partial charge >= 0.3 is 0 Å². The number of ether oxygens (including phenoxy) is 3. The van der Waals surface area contributed by atoms with Crippen LogP contribution in [0.1, 0.15) is 33.8 Å². The molecule has 0 saturated heterocycles. The van der Waals surface area contributed by atoms with Crippen molar-refractivity contribution < 1.29 is 23.4 Å². The van der Waals surface area contributed by atoms with Gasteiger partial charge in [-0.3, -0.25) is 4.79 Å². The number of thioether (sulfide) groups is 1. The lowest BCUT2D eigenvalue weighted by molar-refractivity contribution is 0.104. The number of allylic oxidation sites excluding steroid dienone is 1. The van der Waals surface area contributed by atoms with Crippen LogP contribution in [0.5, 0.6) is 17.2 Å². The predicted molar refractivity (Wildman–Crippen MR) is 160 cm³/mol. The summed E-state index contributed by atoms with van der Waals surface area (Å²) in [7, 11) is 3.19. The van der Waals surface area contributed by atoms with Crippen molar-refractivity contribution in [1.82, 2.24) is 15.2 Å². The molecule has 0 aliphatic carbocycles. The molecule has 9 heteroatoms. The molecule has 5 aromatic rings. The molecule has 3 aromatic carbocycles. The van der Waals surface area contributed by atoms with Crippen LogP contribution >= 0.6 is 11.8 Å². The predicted octanol–water partition coefficient (Wildman–Crippen LogP) is 6.81. The second-order valence-electron chi connectivity index (χ2n) is 9.20. The molecule has 0 radical (unpaired) electrons. The van der Waals surface area contributed by atoms with E-state index >= 15 is 0 Å². The second kappa shape index (κ2) is 13.7. The van der Waals surface area contributed by atoms with Gasteiger partial charge in [0, 0.05) is 40.4 Å². The van der Waals surface area contributed by atoms with E-state index in [-0.39, 0.29) is 5.78 Å². The molecular formula is C32H31N3O5S. The highest BCUT2D eigenvalue weighted by atomic mass is 32.2. The van der Waals surface area contributed by atoms with E-state index in [1.54, 1.807) is 50.6 Å². The Hall–Kier alpha value is -4.50. The fourth-order valence-corrected chi connectivity index (χ4v) is 5.02. The van der Waals surface area contributed by atoms with E-state index in [1.807, 2.05) is 30.5 Å². The van der Waals surface area contributed by atoms with Crippen LogP contribution in [-0.4, -0.2) is 47.5 Å². The SMILES string of the molecule is COc1ccc(OC)c(/C=C/C(=O)c2ccc(OCCCSc3nnc(CCc4c[nH]c5ccccc45)o3)cc2)c1. The molecule has 0 atom stereocenters. The molecule has 0 bridgehead atoms. The molecular weight excluding hydrogens is 538 g/mol. The number of fused-ring (bicyclic) bond motifs is 1. The van der Waals surface area contributed by atoms with Crippen molar-refractivity contribution in [2.45, 2.75) is 24.5 Å². The van der Waals surface area contributed by atoms with Crippen LogP contribution in [0, 0.1) is 0 Å². The quantitative estimate of drug-likeness (QED) is 0.0674. The minimum atomic E-state index is -0.113. The number of benzene rings is 3. The van der Waals surface area contributed by atoms with Crippen molar-refractivity contribution in [2.75, 3.05) is 26.6 Å². The van der Waals surface area contributed by atoms with Crippen LogP contribution in [0.25, 0.3) is 17.0 Å². The number of para-hydroxylation sites is 1. The lowest BCUT2D eigenvalue weighted by Gasteiger charge is -2.07. The summed E-state index contributed by atoms with van der Waals surface area (Å²) in [6.45, 7) is 0.539. The van der Waals surface area contributed by atoms with Crippen LogP contribution in [-0.2, 0) is 12.8 Å². The Morgan fingerprint density at radius 2 is 1.80 bits per heavy atom. The third kappa shape index (κ3) is 7.37. The van der Waals surface area contributed by atoms with Gasteiger partial charge in [-0.1, -0.05) is 30.0 Å². The summed E-state index contributed by atoms with van der Waals surface area (Å²) >= 11 is 1.52. The topological polar surface area (TPSA) is 99.5 Å². The molecule has 0 spiro atoms. The molecule has 0 amide bonds. The number of carbonyl (C=O) groups is 1. The van der Waals surface area contributed by atoms with E-state index in [0.717, 1.165) is 29.7 Å². The van der Waals surface area contributed by atoms with Crippen molar-refractivity contribution in [3.8, 4) is 17.2 Å². The first-order chi connectivity index (χ1) is 20.1. The Bertz CT molecular complexity index is 1620. The molecule has 8 nitrogen and oxygen atoms in total. The maximum atomic E-state index is 12.6. The number of aromatic nitrogens is 3. The molecule has 0 fully saturated rings. The van der Waals surface area contributed by atoms with E-state index in [9.17, 15) is 4.79 Å². The Labute approximate surface area is 242 Å². The van der Waals surface area contributed by atoms with Crippen molar-refractivity contribution in [3.05, 3.63) is 102 Å². The monoisotopic (exact) mass is 569 g/mol. The van der Waals surface area contributed by atoms with E-state index in [1.165, 1.54) is 28.8 Å². The number of hydrogen-bond donors (Lipinski definition) is 1. The summed E-state index contributed by atoms with van der Waals surface area (Å²) in [6, 6.07) is 20.8. The molecule has 210 valence electrons. The molecule has 2 aromatic heterocycles. The molecule has 0 aliphatic rings. The number of nitrogens with one attached hydrogen (secondary N) is 1. The van der Waals surface area contributed by atoms with Crippen LogP contribution in [0.4, 0.5) is 0 Å². The first-order valence-corrected chi connectivity index (χ1v) is 14.3. The van der Waals surface area contributed by atoms with Gasteiger partial charge in [0.15, 0.2) is 5.78 Å². The molecule has 0 aliphatic heterocycles. The number of aromatic amines is 1. The summed E-state index contributed by atoms with van der Waals surface area (Å²) in [5.74, 6) is 3.38. The van der Waals surface area contributed by atoms with E-state index in [4.69, 9.17) is 18.6 Å². The number of ketones is 1. The highest BCUT2D eigenvalue weighted by Gasteiger charge is 2.10. The van der Waals surface area contributed by atoms with Gasteiger partial charge in [0.05, 0.1) is 20.8 Å². The van der Waals surface area contributed by atoms with Crippen molar-refractivity contribution in [1.29, 1.82) is 0 Å². The number of hydrogen-bond acceptors (Lipinski definition) is 8. The van der Waals surface area contributed by atoms with Crippen LogP contribution in [0.3, 0.4) is 0 Å². The number of H-pyrrole nitrogens is 1. The summed E-state index contributed by atoms with van der Waals surface area (Å²) in [5.41, 5.74) is 3.71.